The Morgan fingerprint density at radius 3 is 2.68 bits per heavy atom. The van der Waals surface area contributed by atoms with E-state index in [4.69, 9.17) is 9.47 Å². The van der Waals surface area contributed by atoms with Crippen molar-refractivity contribution in [1.29, 1.82) is 0 Å². The Bertz CT molecular complexity index is 1090. The van der Waals surface area contributed by atoms with Crippen LogP contribution in [0.4, 0.5) is 4.79 Å². The summed E-state index contributed by atoms with van der Waals surface area (Å²) >= 11 is 0. The first-order chi connectivity index (χ1) is 16.5. The summed E-state index contributed by atoms with van der Waals surface area (Å²) < 4.78 is 10.7. The van der Waals surface area contributed by atoms with Gasteiger partial charge in [0, 0.05) is 19.1 Å². The van der Waals surface area contributed by atoms with Gasteiger partial charge in [0.1, 0.15) is 0 Å². The lowest BCUT2D eigenvalue weighted by molar-refractivity contribution is -0.148. The van der Waals surface area contributed by atoms with Crippen molar-refractivity contribution in [3.8, 4) is 11.5 Å². The van der Waals surface area contributed by atoms with Gasteiger partial charge in [-0.05, 0) is 61.4 Å². The molecule has 3 amide bonds. The highest BCUT2D eigenvalue weighted by molar-refractivity contribution is 5.83. The molecular formula is C27H33N3O4. The zero-order valence-electron chi connectivity index (χ0n) is 20.1. The summed E-state index contributed by atoms with van der Waals surface area (Å²) in [6.07, 6.45) is 3.40. The largest absolute Gasteiger partial charge is 0.493 e. The highest BCUT2D eigenvalue weighted by Crippen LogP contribution is 2.43. The van der Waals surface area contributed by atoms with Crippen molar-refractivity contribution in [3.63, 3.8) is 0 Å². The molecule has 3 aliphatic rings. The molecule has 0 bridgehead atoms. The second-order valence-electron chi connectivity index (χ2n) is 9.53. The van der Waals surface area contributed by atoms with Crippen LogP contribution in [0.5, 0.6) is 11.5 Å². The van der Waals surface area contributed by atoms with Gasteiger partial charge >= 0.3 is 6.03 Å². The molecule has 4 atom stereocenters. The van der Waals surface area contributed by atoms with Gasteiger partial charge in [0.2, 0.25) is 5.91 Å². The van der Waals surface area contributed by atoms with E-state index < -0.39 is 0 Å². The smallest absolute Gasteiger partial charge is 0.318 e. The van der Waals surface area contributed by atoms with E-state index in [9.17, 15) is 9.59 Å². The molecule has 5 rings (SSSR count). The molecule has 2 saturated heterocycles. The van der Waals surface area contributed by atoms with Crippen LogP contribution in [-0.2, 0) is 11.2 Å². The lowest BCUT2D eigenvalue weighted by atomic mass is 9.76. The van der Waals surface area contributed by atoms with Crippen LogP contribution in [0.2, 0.25) is 0 Å². The van der Waals surface area contributed by atoms with E-state index in [1.165, 1.54) is 11.1 Å². The number of fused-ring (bicyclic) bond motifs is 4. The Labute approximate surface area is 201 Å². The van der Waals surface area contributed by atoms with Crippen LogP contribution in [0.25, 0.3) is 0 Å². The maximum Gasteiger partial charge on any atom is 0.318 e. The first-order valence-electron chi connectivity index (χ1n) is 12.2. The van der Waals surface area contributed by atoms with Gasteiger partial charge in [0.25, 0.3) is 0 Å². The number of hydrogen-bond donors (Lipinski definition) is 1. The number of carbonyl (C=O) groups excluding carboxylic acids is 2. The molecule has 2 aromatic rings. The Kier molecular flexibility index (Phi) is 6.11. The molecule has 0 saturated carbocycles. The third-order valence-electron chi connectivity index (χ3n) is 7.76. The quantitative estimate of drug-likeness (QED) is 0.742. The van der Waals surface area contributed by atoms with Crippen LogP contribution < -0.4 is 14.8 Å². The van der Waals surface area contributed by atoms with Crippen molar-refractivity contribution in [1.82, 2.24) is 15.1 Å². The minimum Gasteiger partial charge on any atom is -0.493 e. The molecule has 7 heteroatoms. The SMILES string of the molecule is COc1ccc([C@@H](C)NC(=O)N2CCC[C@@H]3C(=O)N4CCc5ccccc5[C@@H]4C[C@@H]32)cc1OC. The normalized spacial score (nSPS) is 24.4. The molecule has 3 heterocycles. The summed E-state index contributed by atoms with van der Waals surface area (Å²) in [5.41, 5.74) is 3.50. The molecule has 2 fully saturated rings. The Morgan fingerprint density at radius 2 is 1.88 bits per heavy atom. The number of methoxy groups -OCH3 is 2. The predicted molar refractivity (Wildman–Crippen MR) is 129 cm³/mol. The van der Waals surface area contributed by atoms with Gasteiger partial charge in [-0.2, -0.15) is 0 Å². The van der Waals surface area contributed by atoms with E-state index in [1.807, 2.05) is 30.0 Å². The monoisotopic (exact) mass is 463 g/mol. The van der Waals surface area contributed by atoms with Gasteiger partial charge in [-0.25, -0.2) is 4.79 Å². The Morgan fingerprint density at radius 1 is 1.09 bits per heavy atom. The summed E-state index contributed by atoms with van der Waals surface area (Å²) in [5, 5.41) is 3.16. The number of ether oxygens (including phenoxy) is 2. The van der Waals surface area contributed by atoms with Crippen LogP contribution in [0.15, 0.2) is 42.5 Å². The first kappa shape index (κ1) is 22.6. The number of nitrogens with one attached hydrogen (secondary N) is 1. The average Bonchev–Trinajstić information content (AvgIpc) is 2.87. The maximum atomic E-state index is 13.5. The zero-order valence-corrected chi connectivity index (χ0v) is 20.1. The molecule has 0 aromatic heterocycles. The van der Waals surface area contributed by atoms with Crippen molar-refractivity contribution in [3.05, 3.63) is 59.2 Å². The molecule has 1 N–H and O–H groups in total. The number of carbonyl (C=O) groups is 2. The Hall–Kier alpha value is -3.22. The number of piperidine rings is 2. The van der Waals surface area contributed by atoms with Gasteiger partial charge < -0.3 is 24.6 Å². The standard InChI is InChI=1S/C27H33N3O4/c1-17(19-10-11-24(33-2)25(15-19)34-3)28-27(32)30-13-6-9-21-23(30)16-22-20-8-5-4-7-18(20)12-14-29(22)26(21)31/h4-5,7-8,10-11,15,17,21-23H,6,9,12-14,16H2,1-3H3,(H,28,32)/t17-,21+,22+,23+/m1/s1. The fourth-order valence-corrected chi connectivity index (χ4v) is 5.97. The van der Waals surface area contributed by atoms with Gasteiger partial charge in [-0.1, -0.05) is 30.3 Å². The highest BCUT2D eigenvalue weighted by Gasteiger charge is 2.48. The number of benzene rings is 2. The van der Waals surface area contributed by atoms with Crippen molar-refractivity contribution in [2.45, 2.75) is 50.7 Å². The number of likely N-dealkylation sites (tertiary alicyclic amines) is 1. The summed E-state index contributed by atoms with van der Waals surface area (Å²) in [6, 6.07) is 13.8. The number of nitrogens with zero attached hydrogens (tertiary/aromatic N) is 2. The minimum absolute atomic E-state index is 0.0513. The van der Waals surface area contributed by atoms with Crippen LogP contribution >= 0.6 is 0 Å². The van der Waals surface area contributed by atoms with E-state index in [-0.39, 0.29) is 36.0 Å². The predicted octanol–water partition coefficient (Wildman–Crippen LogP) is 4.08. The Balaban J connectivity index is 1.35. The number of hydrogen-bond acceptors (Lipinski definition) is 4. The molecule has 7 nitrogen and oxygen atoms in total. The second-order valence-corrected chi connectivity index (χ2v) is 9.53. The van der Waals surface area contributed by atoms with E-state index in [0.717, 1.165) is 37.8 Å². The molecule has 0 spiro atoms. The van der Waals surface area contributed by atoms with E-state index in [1.54, 1.807) is 14.2 Å². The van der Waals surface area contributed by atoms with Crippen molar-refractivity contribution in [2.75, 3.05) is 27.3 Å². The van der Waals surface area contributed by atoms with Crippen LogP contribution in [0.3, 0.4) is 0 Å². The van der Waals surface area contributed by atoms with Crippen LogP contribution in [0, 0.1) is 5.92 Å². The van der Waals surface area contributed by atoms with Gasteiger partial charge in [-0.3, -0.25) is 4.79 Å². The fraction of sp³-hybridized carbons (Fsp3) is 0.481. The molecule has 2 aromatic carbocycles. The minimum atomic E-state index is -0.209. The highest BCUT2D eigenvalue weighted by atomic mass is 16.5. The maximum absolute atomic E-state index is 13.5. The summed E-state index contributed by atoms with van der Waals surface area (Å²) in [6.45, 7) is 3.41. The average molecular weight is 464 g/mol. The lowest BCUT2D eigenvalue weighted by Gasteiger charge is -2.51. The molecule has 3 aliphatic heterocycles. The molecular weight excluding hydrogens is 430 g/mol. The third-order valence-corrected chi connectivity index (χ3v) is 7.76. The second kappa shape index (κ2) is 9.20. The lowest BCUT2D eigenvalue weighted by Crippen LogP contribution is -2.61. The zero-order chi connectivity index (χ0) is 23.8. The first-order valence-corrected chi connectivity index (χ1v) is 12.2. The number of amides is 3. The molecule has 0 unspecified atom stereocenters. The van der Waals surface area contributed by atoms with Crippen molar-refractivity contribution in [2.24, 2.45) is 5.92 Å². The summed E-state index contributed by atoms with van der Waals surface area (Å²) in [5.74, 6) is 1.38. The van der Waals surface area contributed by atoms with Gasteiger partial charge in [-0.15, -0.1) is 0 Å². The number of rotatable bonds is 4. The van der Waals surface area contributed by atoms with Crippen LogP contribution in [-0.4, -0.2) is 55.1 Å². The van der Waals surface area contributed by atoms with Gasteiger partial charge in [0.05, 0.1) is 32.2 Å². The summed E-state index contributed by atoms with van der Waals surface area (Å²) in [7, 11) is 3.21. The van der Waals surface area contributed by atoms with E-state index in [0.29, 0.717) is 18.0 Å². The van der Waals surface area contributed by atoms with E-state index in [2.05, 4.69) is 34.5 Å². The topological polar surface area (TPSA) is 71.1 Å². The van der Waals surface area contributed by atoms with Crippen molar-refractivity contribution < 1.29 is 19.1 Å². The van der Waals surface area contributed by atoms with Crippen LogP contribution in [0.1, 0.15) is 55.0 Å². The number of urea groups is 1. The fourth-order valence-electron chi connectivity index (χ4n) is 5.97. The van der Waals surface area contributed by atoms with Gasteiger partial charge in [0.15, 0.2) is 11.5 Å². The van der Waals surface area contributed by atoms with Crippen molar-refractivity contribution >= 4 is 11.9 Å². The third kappa shape index (κ3) is 3.87. The summed E-state index contributed by atoms with van der Waals surface area (Å²) in [4.78, 5) is 30.9. The molecule has 0 aliphatic carbocycles. The molecule has 34 heavy (non-hydrogen) atoms. The molecule has 0 radical (unpaired) electrons. The molecule has 180 valence electrons. The van der Waals surface area contributed by atoms with E-state index >= 15 is 0 Å².